The topological polar surface area (TPSA) is 120 Å². The molecule has 7 rings (SSSR count). The molecule has 0 radical (unpaired) electrons. The lowest BCUT2D eigenvalue weighted by molar-refractivity contribution is -0.179. The van der Waals surface area contributed by atoms with Gasteiger partial charge in [0.25, 0.3) is 0 Å². The van der Waals surface area contributed by atoms with Crippen molar-refractivity contribution < 1.29 is 52.5 Å². The molecule has 0 aromatic heterocycles. The first-order chi connectivity index (χ1) is 19.2. The summed E-state index contributed by atoms with van der Waals surface area (Å²) in [5, 5.41) is 12.5. The zero-order valence-corrected chi connectivity index (χ0v) is 22.4. The number of esters is 1. The van der Waals surface area contributed by atoms with Gasteiger partial charge in [-0.25, -0.2) is 4.79 Å². The molecule has 0 aliphatic carbocycles. The molecule has 40 heavy (non-hydrogen) atoms. The van der Waals surface area contributed by atoms with Gasteiger partial charge >= 0.3 is 5.97 Å². The van der Waals surface area contributed by atoms with E-state index in [4.69, 9.17) is 42.6 Å². The number of ether oxygens (including phenoxy) is 9. The number of aliphatic hydroxyl groups excluding tert-OH is 1. The molecule has 1 spiro atoms. The van der Waals surface area contributed by atoms with Crippen molar-refractivity contribution in [3.8, 4) is 39.9 Å². The number of hydrogen-bond donors (Lipinski definition) is 1. The molecule has 4 aliphatic rings. The summed E-state index contributed by atoms with van der Waals surface area (Å²) in [6.07, 6.45) is -2.25. The van der Waals surface area contributed by atoms with Crippen LogP contribution in [0.25, 0.3) is 21.9 Å². The van der Waals surface area contributed by atoms with Crippen LogP contribution in [0.5, 0.6) is 28.7 Å². The number of carbonyl (C=O) groups is 1. The van der Waals surface area contributed by atoms with E-state index in [2.05, 4.69) is 0 Å². The molecule has 0 bridgehead atoms. The monoisotopic (exact) mass is 552 g/mol. The lowest BCUT2D eigenvalue weighted by Crippen LogP contribution is -2.48. The molecule has 3 aromatic rings. The van der Waals surface area contributed by atoms with Crippen molar-refractivity contribution in [3.05, 3.63) is 41.5 Å². The van der Waals surface area contributed by atoms with Crippen molar-refractivity contribution in [2.75, 3.05) is 34.2 Å². The van der Waals surface area contributed by atoms with Crippen molar-refractivity contribution in [1.29, 1.82) is 0 Å². The Balaban J connectivity index is 1.42. The lowest BCUT2D eigenvalue weighted by atomic mass is 9.89. The average molecular weight is 553 g/mol. The number of hydrogen-bond acceptors (Lipinski definition) is 11. The van der Waals surface area contributed by atoms with E-state index in [-0.39, 0.29) is 26.6 Å². The van der Waals surface area contributed by atoms with Gasteiger partial charge in [-0.2, -0.15) is 0 Å². The number of rotatable bonds is 5. The van der Waals surface area contributed by atoms with E-state index in [0.29, 0.717) is 56.2 Å². The van der Waals surface area contributed by atoms with Crippen LogP contribution in [-0.4, -0.2) is 69.1 Å². The molecular weight excluding hydrogens is 524 g/mol. The Kier molecular flexibility index (Phi) is 5.59. The van der Waals surface area contributed by atoms with Gasteiger partial charge in [0.15, 0.2) is 34.4 Å². The molecular formula is C29H28O11. The van der Waals surface area contributed by atoms with Gasteiger partial charge in [0, 0.05) is 16.5 Å². The third-order valence-corrected chi connectivity index (χ3v) is 7.71. The minimum atomic E-state index is -1.16. The molecule has 3 aromatic carbocycles. The molecule has 0 amide bonds. The summed E-state index contributed by atoms with van der Waals surface area (Å²) in [7, 11) is 3.08. The first-order valence-corrected chi connectivity index (χ1v) is 12.9. The standard InChI is InChI=1S/C29H28O11/c1-28(2)38-12-29(40-28)11-35-27(25(29)30)39-24-16-9-20(33-4)19(32-3)8-15(16)22(23-17(24)10-34-26(23)31)14-5-6-18-21(7-14)37-13-36-18/h5-9,25,27,30H,10-13H2,1-4H3/t25-,27-,29-/m0/s1. The molecule has 2 saturated heterocycles. The minimum Gasteiger partial charge on any atom is -0.493 e. The SMILES string of the molecule is COc1cc2c(O[C@@H]3OC[C@]4(COC(C)(C)O4)[C@H]3O)c3c(c(-c4ccc5c(c4)OCO5)c2cc1OC)C(=O)OC3. The Morgan fingerprint density at radius 3 is 2.40 bits per heavy atom. The Hall–Kier alpha value is -3.77. The van der Waals surface area contributed by atoms with Crippen molar-refractivity contribution >= 4 is 16.7 Å². The van der Waals surface area contributed by atoms with E-state index < -0.39 is 29.8 Å². The van der Waals surface area contributed by atoms with Crippen LogP contribution in [-0.2, 0) is 25.6 Å². The summed E-state index contributed by atoms with van der Waals surface area (Å²) in [5.41, 5.74) is 1.14. The number of carbonyl (C=O) groups excluding carboxylic acids is 1. The normalized spacial score (nSPS) is 25.9. The number of methoxy groups -OCH3 is 2. The Morgan fingerprint density at radius 1 is 0.925 bits per heavy atom. The van der Waals surface area contributed by atoms with E-state index >= 15 is 0 Å². The third-order valence-electron chi connectivity index (χ3n) is 7.71. The maximum absolute atomic E-state index is 13.2. The highest BCUT2D eigenvalue weighted by molar-refractivity contribution is 6.14. The molecule has 3 atom stereocenters. The maximum Gasteiger partial charge on any atom is 0.339 e. The fourth-order valence-corrected chi connectivity index (χ4v) is 5.82. The van der Waals surface area contributed by atoms with Crippen molar-refractivity contribution in [2.24, 2.45) is 0 Å². The number of aliphatic hydroxyl groups is 1. The summed E-state index contributed by atoms with van der Waals surface area (Å²) in [6, 6.07) is 9.05. The molecule has 11 nitrogen and oxygen atoms in total. The van der Waals surface area contributed by atoms with Crippen LogP contribution in [0.3, 0.4) is 0 Å². The van der Waals surface area contributed by atoms with E-state index in [9.17, 15) is 9.90 Å². The summed E-state index contributed by atoms with van der Waals surface area (Å²) >= 11 is 0. The van der Waals surface area contributed by atoms with E-state index in [0.717, 1.165) is 5.56 Å². The fraction of sp³-hybridized carbons (Fsp3) is 0.414. The lowest BCUT2D eigenvalue weighted by Gasteiger charge is -2.28. The molecule has 0 unspecified atom stereocenters. The Morgan fingerprint density at radius 2 is 1.68 bits per heavy atom. The average Bonchev–Trinajstić information content (AvgIpc) is 3.71. The molecule has 2 fully saturated rings. The summed E-state index contributed by atoms with van der Waals surface area (Å²) < 4.78 is 51.9. The van der Waals surface area contributed by atoms with Gasteiger partial charge < -0.3 is 47.7 Å². The Bertz CT molecular complexity index is 1550. The van der Waals surface area contributed by atoms with Crippen LogP contribution in [0.1, 0.15) is 29.8 Å². The first-order valence-electron chi connectivity index (χ1n) is 12.9. The number of cyclic esters (lactones) is 1. The summed E-state index contributed by atoms with van der Waals surface area (Å²) in [5.74, 6) is 1.08. The van der Waals surface area contributed by atoms with Crippen LogP contribution in [0.4, 0.5) is 0 Å². The van der Waals surface area contributed by atoms with Gasteiger partial charge in [0.05, 0.1) is 33.0 Å². The number of benzene rings is 3. The smallest absolute Gasteiger partial charge is 0.339 e. The molecule has 4 heterocycles. The second kappa shape index (κ2) is 8.87. The second-order valence-corrected chi connectivity index (χ2v) is 10.6. The van der Waals surface area contributed by atoms with Crippen LogP contribution in [0, 0.1) is 0 Å². The van der Waals surface area contributed by atoms with Crippen LogP contribution in [0.2, 0.25) is 0 Å². The second-order valence-electron chi connectivity index (χ2n) is 10.6. The quantitative estimate of drug-likeness (QED) is 0.468. The molecule has 1 N–H and O–H groups in total. The Labute approximate surface area is 229 Å². The number of fused-ring (bicyclic) bond motifs is 3. The molecule has 210 valence electrons. The van der Waals surface area contributed by atoms with Gasteiger partial charge in [-0.15, -0.1) is 0 Å². The van der Waals surface area contributed by atoms with E-state index in [1.807, 2.05) is 12.1 Å². The van der Waals surface area contributed by atoms with Gasteiger partial charge in [0.1, 0.15) is 18.5 Å². The molecule has 0 saturated carbocycles. The molecule has 4 aliphatic heterocycles. The molecule has 11 heteroatoms. The van der Waals surface area contributed by atoms with Gasteiger partial charge in [-0.3, -0.25) is 0 Å². The predicted molar refractivity (Wildman–Crippen MR) is 138 cm³/mol. The third kappa shape index (κ3) is 3.69. The van der Waals surface area contributed by atoms with Crippen molar-refractivity contribution in [3.63, 3.8) is 0 Å². The van der Waals surface area contributed by atoms with E-state index in [1.54, 1.807) is 32.0 Å². The minimum absolute atomic E-state index is 0.0219. The maximum atomic E-state index is 13.2. The predicted octanol–water partition coefficient (Wildman–Crippen LogP) is 3.54. The summed E-state index contributed by atoms with van der Waals surface area (Å²) in [6.45, 7) is 3.88. The highest BCUT2D eigenvalue weighted by Crippen LogP contribution is 2.50. The highest BCUT2D eigenvalue weighted by atomic mass is 16.8. The largest absolute Gasteiger partial charge is 0.493 e. The van der Waals surface area contributed by atoms with Gasteiger partial charge in [0.2, 0.25) is 13.1 Å². The van der Waals surface area contributed by atoms with Crippen molar-refractivity contribution in [2.45, 2.75) is 44.2 Å². The first kappa shape index (κ1) is 25.2. The summed E-state index contributed by atoms with van der Waals surface area (Å²) in [4.78, 5) is 13.2. The van der Waals surface area contributed by atoms with Crippen LogP contribution in [0.15, 0.2) is 30.3 Å². The fourth-order valence-electron chi connectivity index (χ4n) is 5.82. The van der Waals surface area contributed by atoms with Crippen LogP contribution < -0.4 is 23.7 Å². The zero-order valence-electron chi connectivity index (χ0n) is 22.4. The zero-order chi connectivity index (χ0) is 27.8. The van der Waals surface area contributed by atoms with Crippen molar-refractivity contribution in [1.82, 2.24) is 0 Å². The van der Waals surface area contributed by atoms with E-state index in [1.165, 1.54) is 14.2 Å². The van der Waals surface area contributed by atoms with Crippen LogP contribution >= 0.6 is 0 Å². The highest BCUT2D eigenvalue weighted by Gasteiger charge is 2.59. The van der Waals surface area contributed by atoms with Gasteiger partial charge in [-0.1, -0.05) is 6.07 Å². The van der Waals surface area contributed by atoms with Gasteiger partial charge in [-0.05, 0) is 49.1 Å².